The molecule has 23 heavy (non-hydrogen) atoms. The van der Waals surface area contributed by atoms with Crippen molar-refractivity contribution in [3.8, 4) is 6.07 Å². The number of nitriles is 1. The number of amides is 1. The molecule has 6 heteroatoms. The lowest BCUT2D eigenvalue weighted by Crippen LogP contribution is -2.15. The van der Waals surface area contributed by atoms with Gasteiger partial charge in [0, 0.05) is 5.75 Å². The van der Waals surface area contributed by atoms with Gasteiger partial charge >= 0.3 is 0 Å². The second-order valence-electron chi connectivity index (χ2n) is 4.86. The van der Waals surface area contributed by atoms with Gasteiger partial charge in [-0.2, -0.15) is 5.26 Å². The molecule has 118 valence electrons. The van der Waals surface area contributed by atoms with Gasteiger partial charge in [0.1, 0.15) is 0 Å². The van der Waals surface area contributed by atoms with Gasteiger partial charge in [-0.3, -0.25) is 4.79 Å². The Bertz CT molecular complexity index is 772. The van der Waals surface area contributed by atoms with Crippen molar-refractivity contribution in [1.29, 1.82) is 5.26 Å². The van der Waals surface area contributed by atoms with Crippen molar-refractivity contribution in [2.45, 2.75) is 12.7 Å². The van der Waals surface area contributed by atoms with Crippen molar-refractivity contribution in [1.82, 2.24) is 0 Å². The predicted molar refractivity (Wildman–Crippen MR) is 97.1 cm³/mol. The molecule has 0 atom stereocenters. The molecule has 0 unspecified atom stereocenters. The SMILES string of the molecule is Cc1ccc(Cl)c(NC(=O)CSCc2ccccc2C#N)c1Cl. The van der Waals surface area contributed by atoms with Crippen LogP contribution >= 0.6 is 35.0 Å². The minimum absolute atomic E-state index is 0.182. The first kappa shape index (κ1) is 17.7. The van der Waals surface area contributed by atoms with E-state index in [-0.39, 0.29) is 11.7 Å². The monoisotopic (exact) mass is 364 g/mol. The van der Waals surface area contributed by atoms with Gasteiger partial charge in [0.25, 0.3) is 0 Å². The van der Waals surface area contributed by atoms with Crippen LogP contribution in [0, 0.1) is 18.3 Å². The molecule has 0 spiro atoms. The first-order valence-electron chi connectivity index (χ1n) is 6.83. The molecule has 0 saturated heterocycles. The molecule has 1 amide bonds. The molecule has 0 fully saturated rings. The predicted octanol–water partition coefficient (Wildman–Crippen LogP) is 5.05. The molecule has 0 aliphatic rings. The number of benzene rings is 2. The first-order chi connectivity index (χ1) is 11.0. The Morgan fingerprint density at radius 3 is 2.74 bits per heavy atom. The van der Waals surface area contributed by atoms with E-state index in [0.717, 1.165) is 11.1 Å². The number of nitrogens with one attached hydrogen (secondary N) is 1. The maximum atomic E-state index is 12.1. The molecule has 0 aliphatic heterocycles. The summed E-state index contributed by atoms with van der Waals surface area (Å²) in [7, 11) is 0. The Morgan fingerprint density at radius 2 is 2.00 bits per heavy atom. The third kappa shape index (κ3) is 4.65. The van der Waals surface area contributed by atoms with E-state index < -0.39 is 0 Å². The number of hydrogen-bond donors (Lipinski definition) is 1. The fourth-order valence-electron chi connectivity index (χ4n) is 1.96. The van der Waals surface area contributed by atoms with E-state index in [1.807, 2.05) is 25.1 Å². The van der Waals surface area contributed by atoms with E-state index in [1.54, 1.807) is 18.2 Å². The van der Waals surface area contributed by atoms with Crippen LogP contribution in [-0.4, -0.2) is 11.7 Å². The Balaban J connectivity index is 1.94. The van der Waals surface area contributed by atoms with Crippen LogP contribution in [0.15, 0.2) is 36.4 Å². The van der Waals surface area contributed by atoms with Gasteiger partial charge in [0.05, 0.1) is 33.1 Å². The maximum Gasteiger partial charge on any atom is 0.234 e. The summed E-state index contributed by atoms with van der Waals surface area (Å²) in [6.07, 6.45) is 0. The van der Waals surface area contributed by atoms with Crippen LogP contribution < -0.4 is 5.32 Å². The summed E-state index contributed by atoms with van der Waals surface area (Å²) in [6, 6.07) is 13.0. The largest absolute Gasteiger partial charge is 0.323 e. The van der Waals surface area contributed by atoms with Gasteiger partial charge in [-0.15, -0.1) is 11.8 Å². The lowest BCUT2D eigenvalue weighted by atomic mass is 10.1. The van der Waals surface area contributed by atoms with Crippen LogP contribution in [0.2, 0.25) is 10.0 Å². The topological polar surface area (TPSA) is 52.9 Å². The lowest BCUT2D eigenvalue weighted by Gasteiger charge is -2.11. The summed E-state index contributed by atoms with van der Waals surface area (Å²) < 4.78 is 0. The van der Waals surface area contributed by atoms with Crippen LogP contribution in [-0.2, 0) is 10.5 Å². The molecule has 2 aromatic rings. The Kier molecular flexibility index (Phi) is 6.35. The molecule has 0 radical (unpaired) electrons. The number of thioether (sulfide) groups is 1. The summed E-state index contributed by atoms with van der Waals surface area (Å²) in [4.78, 5) is 12.1. The fraction of sp³-hybridized carbons (Fsp3) is 0.176. The number of aryl methyl sites for hydroxylation is 1. The van der Waals surface area contributed by atoms with E-state index in [9.17, 15) is 4.79 Å². The van der Waals surface area contributed by atoms with Crippen molar-refractivity contribution in [2.75, 3.05) is 11.1 Å². The normalized spacial score (nSPS) is 10.2. The van der Waals surface area contributed by atoms with E-state index in [2.05, 4.69) is 11.4 Å². The second kappa shape index (κ2) is 8.26. The van der Waals surface area contributed by atoms with Crippen molar-refractivity contribution >= 4 is 46.6 Å². The summed E-state index contributed by atoms with van der Waals surface area (Å²) in [5, 5.41) is 12.6. The molecule has 3 nitrogen and oxygen atoms in total. The highest BCUT2D eigenvalue weighted by atomic mass is 35.5. The minimum Gasteiger partial charge on any atom is -0.323 e. The molecular weight excluding hydrogens is 351 g/mol. The maximum absolute atomic E-state index is 12.1. The number of hydrogen-bond acceptors (Lipinski definition) is 3. The third-order valence-electron chi connectivity index (χ3n) is 3.18. The van der Waals surface area contributed by atoms with Gasteiger partial charge in [0.2, 0.25) is 5.91 Å². The zero-order valence-electron chi connectivity index (χ0n) is 12.4. The highest BCUT2D eigenvalue weighted by molar-refractivity contribution is 7.99. The number of carbonyl (C=O) groups is 1. The molecule has 0 bridgehead atoms. The summed E-state index contributed by atoms with van der Waals surface area (Å²) in [5.41, 5.74) is 2.84. The summed E-state index contributed by atoms with van der Waals surface area (Å²) >= 11 is 13.7. The molecule has 0 aromatic heterocycles. The van der Waals surface area contributed by atoms with E-state index in [4.69, 9.17) is 28.5 Å². The van der Waals surface area contributed by atoms with Crippen molar-refractivity contribution in [3.05, 3.63) is 63.1 Å². The first-order valence-corrected chi connectivity index (χ1v) is 8.74. The van der Waals surface area contributed by atoms with Gasteiger partial charge in [0.15, 0.2) is 0 Å². The molecule has 2 aromatic carbocycles. The van der Waals surface area contributed by atoms with E-state index in [0.29, 0.717) is 27.0 Å². The third-order valence-corrected chi connectivity index (χ3v) is 4.96. The van der Waals surface area contributed by atoms with Crippen LogP contribution in [0.25, 0.3) is 0 Å². The molecule has 0 heterocycles. The molecule has 2 rings (SSSR count). The highest BCUT2D eigenvalue weighted by Gasteiger charge is 2.12. The number of carbonyl (C=O) groups excluding carboxylic acids is 1. The highest BCUT2D eigenvalue weighted by Crippen LogP contribution is 2.33. The average molecular weight is 365 g/mol. The van der Waals surface area contributed by atoms with Gasteiger partial charge in [-0.1, -0.05) is 47.5 Å². The quantitative estimate of drug-likeness (QED) is 0.807. The van der Waals surface area contributed by atoms with Crippen LogP contribution in [0.1, 0.15) is 16.7 Å². The van der Waals surface area contributed by atoms with Gasteiger partial charge in [-0.05, 0) is 30.2 Å². The molecule has 1 N–H and O–H groups in total. The Morgan fingerprint density at radius 1 is 1.26 bits per heavy atom. The zero-order chi connectivity index (χ0) is 16.8. The average Bonchev–Trinajstić information content (AvgIpc) is 2.55. The smallest absolute Gasteiger partial charge is 0.234 e. The fourth-order valence-corrected chi connectivity index (χ4v) is 3.25. The van der Waals surface area contributed by atoms with Crippen LogP contribution in [0.5, 0.6) is 0 Å². The van der Waals surface area contributed by atoms with Gasteiger partial charge in [-0.25, -0.2) is 0 Å². The number of rotatable bonds is 5. The molecular formula is C17H14Cl2N2OS. The second-order valence-corrected chi connectivity index (χ2v) is 6.63. The zero-order valence-corrected chi connectivity index (χ0v) is 14.7. The standard InChI is InChI=1S/C17H14Cl2N2OS/c1-11-6-7-14(18)17(16(11)19)21-15(22)10-23-9-13-5-3-2-4-12(13)8-20/h2-7H,9-10H2,1H3,(H,21,22). The molecule has 0 saturated carbocycles. The Hall–Kier alpha value is -1.67. The number of nitrogens with zero attached hydrogens (tertiary/aromatic N) is 1. The number of halogens is 2. The Labute approximate surface area is 149 Å². The summed E-state index contributed by atoms with van der Waals surface area (Å²) in [5.74, 6) is 0.658. The number of anilines is 1. The van der Waals surface area contributed by atoms with Crippen molar-refractivity contribution < 1.29 is 4.79 Å². The molecule has 0 aliphatic carbocycles. The van der Waals surface area contributed by atoms with E-state index in [1.165, 1.54) is 11.8 Å². The van der Waals surface area contributed by atoms with Crippen LogP contribution in [0.4, 0.5) is 5.69 Å². The van der Waals surface area contributed by atoms with Crippen molar-refractivity contribution in [3.63, 3.8) is 0 Å². The summed E-state index contributed by atoms with van der Waals surface area (Å²) in [6.45, 7) is 1.85. The van der Waals surface area contributed by atoms with Crippen molar-refractivity contribution in [2.24, 2.45) is 0 Å². The lowest BCUT2D eigenvalue weighted by molar-refractivity contribution is -0.113. The van der Waals surface area contributed by atoms with E-state index >= 15 is 0 Å². The van der Waals surface area contributed by atoms with Crippen LogP contribution in [0.3, 0.4) is 0 Å². The minimum atomic E-state index is -0.182. The van der Waals surface area contributed by atoms with Gasteiger partial charge < -0.3 is 5.32 Å².